The second-order valence-corrected chi connectivity index (χ2v) is 6.25. The zero-order chi connectivity index (χ0) is 15.5. The first-order valence-electron chi connectivity index (χ1n) is 8.16. The van der Waals surface area contributed by atoms with E-state index in [1.807, 2.05) is 24.3 Å². The van der Waals surface area contributed by atoms with Crippen LogP contribution in [-0.4, -0.2) is 35.4 Å². The van der Waals surface area contributed by atoms with Crippen molar-refractivity contribution < 1.29 is 9.90 Å². The van der Waals surface area contributed by atoms with Crippen molar-refractivity contribution in [1.82, 2.24) is 4.90 Å². The van der Waals surface area contributed by atoms with Gasteiger partial charge in [-0.15, -0.1) is 0 Å². The molecule has 0 radical (unpaired) electrons. The minimum atomic E-state index is 0.120. The number of aromatic hydroxyl groups is 1. The van der Waals surface area contributed by atoms with Crippen LogP contribution in [0, 0.1) is 5.92 Å². The van der Waals surface area contributed by atoms with Gasteiger partial charge in [0.15, 0.2) is 5.78 Å². The standard InChI is InChI=1S/C19H23NO2/c1-2-9-20-10-3-4-17(13-20)19(22)16-6-5-15-12-18(21)8-7-14(15)11-16/h5-8,11-12,17,21H,2-4,9-10,13H2,1H3. The van der Waals surface area contributed by atoms with Gasteiger partial charge in [-0.1, -0.05) is 25.1 Å². The number of hydrogen-bond donors (Lipinski definition) is 1. The van der Waals surface area contributed by atoms with Crippen molar-refractivity contribution >= 4 is 16.6 Å². The zero-order valence-corrected chi connectivity index (χ0v) is 13.1. The van der Waals surface area contributed by atoms with Crippen molar-refractivity contribution in [2.45, 2.75) is 26.2 Å². The molecule has 1 atom stereocenters. The Balaban J connectivity index is 1.80. The molecule has 2 aromatic rings. The maximum absolute atomic E-state index is 12.8. The molecular weight excluding hydrogens is 274 g/mol. The van der Waals surface area contributed by atoms with Crippen molar-refractivity contribution in [3.63, 3.8) is 0 Å². The van der Waals surface area contributed by atoms with Crippen LogP contribution in [-0.2, 0) is 0 Å². The number of hydrogen-bond acceptors (Lipinski definition) is 3. The fraction of sp³-hybridized carbons (Fsp3) is 0.421. The van der Waals surface area contributed by atoms with Gasteiger partial charge < -0.3 is 10.0 Å². The molecule has 0 saturated carbocycles. The van der Waals surface area contributed by atoms with E-state index >= 15 is 0 Å². The second-order valence-electron chi connectivity index (χ2n) is 6.25. The molecule has 0 spiro atoms. The van der Waals surface area contributed by atoms with Crippen LogP contribution in [0.5, 0.6) is 5.75 Å². The monoisotopic (exact) mass is 297 g/mol. The molecule has 1 aliphatic heterocycles. The van der Waals surface area contributed by atoms with Gasteiger partial charge in [-0.05, 0) is 61.3 Å². The van der Waals surface area contributed by atoms with Crippen LogP contribution in [0.4, 0.5) is 0 Å². The van der Waals surface area contributed by atoms with Gasteiger partial charge in [0.25, 0.3) is 0 Å². The molecular formula is C19H23NO2. The van der Waals surface area contributed by atoms with Crippen molar-refractivity contribution in [3.05, 3.63) is 42.0 Å². The first-order valence-corrected chi connectivity index (χ1v) is 8.16. The highest BCUT2D eigenvalue weighted by atomic mass is 16.3. The Morgan fingerprint density at radius 3 is 2.82 bits per heavy atom. The van der Waals surface area contributed by atoms with Crippen molar-refractivity contribution in [1.29, 1.82) is 0 Å². The van der Waals surface area contributed by atoms with E-state index in [0.717, 1.165) is 55.2 Å². The fourth-order valence-corrected chi connectivity index (χ4v) is 3.41. The number of phenolic OH excluding ortho intramolecular Hbond substituents is 1. The lowest BCUT2D eigenvalue weighted by molar-refractivity contribution is 0.0820. The number of fused-ring (bicyclic) bond motifs is 1. The van der Waals surface area contributed by atoms with Crippen LogP contribution in [0.2, 0.25) is 0 Å². The van der Waals surface area contributed by atoms with E-state index in [0.29, 0.717) is 0 Å². The number of Topliss-reactive ketones (excluding diaryl/α,β-unsaturated/α-hetero) is 1. The molecule has 1 aliphatic rings. The third kappa shape index (κ3) is 3.14. The van der Waals surface area contributed by atoms with Crippen LogP contribution in [0.25, 0.3) is 10.8 Å². The van der Waals surface area contributed by atoms with Gasteiger partial charge in [-0.25, -0.2) is 0 Å². The Kier molecular flexibility index (Phi) is 4.44. The molecule has 2 aromatic carbocycles. The van der Waals surface area contributed by atoms with E-state index in [-0.39, 0.29) is 17.5 Å². The summed E-state index contributed by atoms with van der Waals surface area (Å²) >= 11 is 0. The summed E-state index contributed by atoms with van der Waals surface area (Å²) < 4.78 is 0. The number of carbonyl (C=O) groups is 1. The molecule has 0 aliphatic carbocycles. The average molecular weight is 297 g/mol. The SMILES string of the molecule is CCCN1CCCC(C(=O)c2ccc3cc(O)ccc3c2)C1. The van der Waals surface area contributed by atoms with Gasteiger partial charge in [-0.3, -0.25) is 4.79 Å². The summed E-state index contributed by atoms with van der Waals surface area (Å²) in [5, 5.41) is 11.5. The molecule has 0 bridgehead atoms. The number of nitrogens with zero attached hydrogens (tertiary/aromatic N) is 1. The normalized spacial score (nSPS) is 19.4. The van der Waals surface area contributed by atoms with Gasteiger partial charge in [0, 0.05) is 18.0 Å². The molecule has 0 amide bonds. The second kappa shape index (κ2) is 6.49. The van der Waals surface area contributed by atoms with Crippen molar-refractivity contribution in [3.8, 4) is 5.75 Å². The number of piperidine rings is 1. The van der Waals surface area contributed by atoms with Gasteiger partial charge in [-0.2, -0.15) is 0 Å². The van der Waals surface area contributed by atoms with Crippen LogP contribution < -0.4 is 0 Å². The summed E-state index contributed by atoms with van der Waals surface area (Å²) in [6.45, 7) is 5.28. The highest BCUT2D eigenvalue weighted by Crippen LogP contribution is 2.25. The first kappa shape index (κ1) is 15.0. The summed E-state index contributed by atoms with van der Waals surface area (Å²) in [7, 11) is 0. The molecule has 22 heavy (non-hydrogen) atoms. The quantitative estimate of drug-likeness (QED) is 0.871. The third-order valence-electron chi connectivity index (χ3n) is 4.52. The minimum absolute atomic E-state index is 0.120. The van der Waals surface area contributed by atoms with Gasteiger partial charge in [0.1, 0.15) is 5.75 Å². The van der Waals surface area contributed by atoms with Gasteiger partial charge in [0.05, 0.1) is 0 Å². The third-order valence-corrected chi connectivity index (χ3v) is 4.52. The molecule has 0 aromatic heterocycles. The number of likely N-dealkylation sites (tertiary alicyclic amines) is 1. The number of benzene rings is 2. The topological polar surface area (TPSA) is 40.5 Å². The van der Waals surface area contributed by atoms with E-state index in [9.17, 15) is 9.90 Å². The fourth-order valence-electron chi connectivity index (χ4n) is 3.41. The van der Waals surface area contributed by atoms with Crippen LogP contribution >= 0.6 is 0 Å². The lowest BCUT2D eigenvalue weighted by atomic mass is 9.89. The van der Waals surface area contributed by atoms with E-state index in [1.54, 1.807) is 12.1 Å². The molecule has 1 N–H and O–H groups in total. The Morgan fingerprint density at radius 2 is 2.00 bits per heavy atom. The van der Waals surface area contributed by atoms with E-state index in [2.05, 4.69) is 11.8 Å². The summed E-state index contributed by atoms with van der Waals surface area (Å²) in [4.78, 5) is 15.2. The maximum atomic E-state index is 12.8. The summed E-state index contributed by atoms with van der Waals surface area (Å²) in [6, 6.07) is 11.0. The van der Waals surface area contributed by atoms with Crippen LogP contribution in [0.3, 0.4) is 0 Å². The molecule has 1 unspecified atom stereocenters. The first-order chi connectivity index (χ1) is 10.7. The number of ketones is 1. The van der Waals surface area contributed by atoms with Crippen molar-refractivity contribution in [2.24, 2.45) is 5.92 Å². The number of carbonyl (C=O) groups excluding carboxylic acids is 1. The average Bonchev–Trinajstić information content (AvgIpc) is 2.54. The molecule has 3 rings (SSSR count). The molecule has 1 saturated heterocycles. The lowest BCUT2D eigenvalue weighted by Gasteiger charge is -2.31. The summed E-state index contributed by atoms with van der Waals surface area (Å²) in [6.07, 6.45) is 3.24. The van der Waals surface area contributed by atoms with E-state index in [4.69, 9.17) is 0 Å². The maximum Gasteiger partial charge on any atom is 0.167 e. The van der Waals surface area contributed by atoms with Crippen molar-refractivity contribution in [2.75, 3.05) is 19.6 Å². The highest BCUT2D eigenvalue weighted by molar-refractivity contribution is 6.01. The van der Waals surface area contributed by atoms with E-state index < -0.39 is 0 Å². The molecule has 3 heteroatoms. The number of rotatable bonds is 4. The Labute approximate surface area is 131 Å². The Bertz CT molecular complexity index is 678. The lowest BCUT2D eigenvalue weighted by Crippen LogP contribution is -2.39. The van der Waals surface area contributed by atoms with Gasteiger partial charge >= 0.3 is 0 Å². The molecule has 1 heterocycles. The predicted molar refractivity (Wildman–Crippen MR) is 89.4 cm³/mol. The Morgan fingerprint density at radius 1 is 1.23 bits per heavy atom. The highest BCUT2D eigenvalue weighted by Gasteiger charge is 2.26. The van der Waals surface area contributed by atoms with Crippen LogP contribution in [0.15, 0.2) is 36.4 Å². The molecule has 3 nitrogen and oxygen atoms in total. The summed E-state index contributed by atoms with van der Waals surface area (Å²) in [5.74, 6) is 0.639. The predicted octanol–water partition coefficient (Wildman–Crippen LogP) is 3.85. The van der Waals surface area contributed by atoms with Gasteiger partial charge in [0.2, 0.25) is 0 Å². The summed E-state index contributed by atoms with van der Waals surface area (Å²) in [5.41, 5.74) is 0.793. The Hall–Kier alpha value is -1.87. The smallest absolute Gasteiger partial charge is 0.167 e. The zero-order valence-electron chi connectivity index (χ0n) is 13.1. The number of phenols is 1. The van der Waals surface area contributed by atoms with Crippen LogP contribution in [0.1, 0.15) is 36.5 Å². The largest absolute Gasteiger partial charge is 0.508 e. The molecule has 1 fully saturated rings. The molecule has 116 valence electrons. The van der Waals surface area contributed by atoms with E-state index in [1.165, 1.54) is 0 Å². The minimum Gasteiger partial charge on any atom is -0.508 e.